The minimum Gasteiger partial charge on any atom is -0.397 e. The first kappa shape index (κ1) is 13.2. The van der Waals surface area contributed by atoms with Crippen molar-refractivity contribution in [2.45, 2.75) is 31.3 Å². The summed E-state index contributed by atoms with van der Waals surface area (Å²) >= 11 is 0. The van der Waals surface area contributed by atoms with E-state index in [9.17, 15) is 4.79 Å². The van der Waals surface area contributed by atoms with Gasteiger partial charge in [-0.1, -0.05) is 0 Å². The number of nitrogen functional groups attached to an aromatic ring is 1. The number of nitrogens with two attached hydrogens (primary N) is 2. The van der Waals surface area contributed by atoms with Gasteiger partial charge in [0, 0.05) is 25.2 Å². The van der Waals surface area contributed by atoms with Crippen LogP contribution in [0.15, 0.2) is 12.3 Å². The van der Waals surface area contributed by atoms with Gasteiger partial charge in [-0.2, -0.15) is 0 Å². The molecule has 3 rings (SSSR count). The van der Waals surface area contributed by atoms with Gasteiger partial charge in [-0.3, -0.25) is 9.69 Å². The highest BCUT2D eigenvalue weighted by Crippen LogP contribution is 2.30. The van der Waals surface area contributed by atoms with Gasteiger partial charge in [-0.05, 0) is 32.4 Å². The molecule has 2 aliphatic heterocycles. The van der Waals surface area contributed by atoms with E-state index in [2.05, 4.69) is 21.8 Å². The second-order valence-electron chi connectivity index (χ2n) is 5.78. The molecule has 2 atom stereocenters. The molecular weight excluding hydrogens is 254 g/mol. The van der Waals surface area contributed by atoms with Gasteiger partial charge in [-0.15, -0.1) is 0 Å². The normalized spacial score (nSPS) is 26.6. The van der Waals surface area contributed by atoms with Crippen molar-refractivity contribution in [3.05, 3.63) is 17.8 Å². The fraction of sp³-hybridized carbons (Fsp3) is 0.571. The highest BCUT2D eigenvalue weighted by molar-refractivity contribution is 5.98. The largest absolute Gasteiger partial charge is 0.397 e. The quantitative estimate of drug-likeness (QED) is 0.817. The molecule has 2 fully saturated rings. The van der Waals surface area contributed by atoms with E-state index in [4.69, 9.17) is 11.5 Å². The molecule has 20 heavy (non-hydrogen) atoms. The number of hydrogen-bond acceptors (Lipinski definition) is 5. The number of likely N-dealkylation sites (N-methyl/N-ethyl adjacent to an activating group) is 1. The van der Waals surface area contributed by atoms with Crippen molar-refractivity contribution < 1.29 is 4.79 Å². The van der Waals surface area contributed by atoms with Crippen LogP contribution in [0.25, 0.3) is 0 Å². The lowest BCUT2D eigenvalue weighted by atomic mass is 10.1. The zero-order valence-electron chi connectivity index (χ0n) is 11.7. The molecule has 4 N–H and O–H groups in total. The number of anilines is 2. The molecule has 3 heterocycles. The molecule has 6 heteroatoms. The van der Waals surface area contributed by atoms with E-state index in [1.165, 1.54) is 19.0 Å². The Morgan fingerprint density at radius 3 is 2.85 bits per heavy atom. The van der Waals surface area contributed by atoms with Crippen molar-refractivity contribution in [2.75, 3.05) is 30.8 Å². The first-order valence-corrected chi connectivity index (χ1v) is 7.08. The molecule has 2 unspecified atom stereocenters. The van der Waals surface area contributed by atoms with Crippen molar-refractivity contribution in [2.24, 2.45) is 5.73 Å². The molecule has 0 aliphatic carbocycles. The lowest BCUT2D eigenvalue weighted by Gasteiger charge is -2.27. The van der Waals surface area contributed by atoms with E-state index >= 15 is 0 Å². The Morgan fingerprint density at radius 2 is 2.10 bits per heavy atom. The van der Waals surface area contributed by atoms with E-state index < -0.39 is 5.91 Å². The second kappa shape index (κ2) is 4.94. The van der Waals surface area contributed by atoms with Gasteiger partial charge < -0.3 is 16.4 Å². The Bertz CT molecular complexity index is 532. The number of nitrogens with zero attached hydrogens (tertiary/aromatic N) is 3. The van der Waals surface area contributed by atoms with Crippen LogP contribution in [-0.2, 0) is 0 Å². The SMILES string of the molecule is CN1C2CCC1CN(c1cc(C(N)=O)c(N)cn1)CC2. The molecule has 0 spiro atoms. The van der Waals surface area contributed by atoms with Crippen LogP contribution in [0.1, 0.15) is 29.6 Å². The molecule has 1 aromatic rings. The monoisotopic (exact) mass is 275 g/mol. The summed E-state index contributed by atoms with van der Waals surface area (Å²) in [5.41, 5.74) is 11.8. The minimum atomic E-state index is -0.500. The van der Waals surface area contributed by atoms with Crippen LogP contribution >= 0.6 is 0 Å². The fourth-order valence-electron chi connectivity index (χ4n) is 3.36. The number of rotatable bonds is 2. The maximum Gasteiger partial charge on any atom is 0.250 e. The predicted octanol–water partition coefficient (Wildman–Crippen LogP) is 0.436. The first-order valence-electron chi connectivity index (χ1n) is 7.08. The lowest BCUT2D eigenvalue weighted by molar-refractivity contribution is 0.100. The summed E-state index contributed by atoms with van der Waals surface area (Å²) in [5, 5.41) is 0. The first-order chi connectivity index (χ1) is 9.56. The molecular formula is C14H21N5O. The summed E-state index contributed by atoms with van der Waals surface area (Å²) in [7, 11) is 2.21. The molecule has 0 radical (unpaired) electrons. The molecule has 6 nitrogen and oxygen atoms in total. The maximum atomic E-state index is 11.4. The van der Waals surface area contributed by atoms with E-state index in [-0.39, 0.29) is 0 Å². The lowest BCUT2D eigenvalue weighted by Crippen LogP contribution is -2.37. The highest BCUT2D eigenvalue weighted by Gasteiger charge is 2.35. The third-order valence-electron chi connectivity index (χ3n) is 4.66. The molecule has 108 valence electrons. The number of pyridine rings is 1. The summed E-state index contributed by atoms with van der Waals surface area (Å²) in [4.78, 5) is 20.5. The van der Waals surface area contributed by atoms with E-state index in [0.717, 1.165) is 25.3 Å². The molecule has 2 bridgehead atoms. The third kappa shape index (κ3) is 2.20. The number of hydrogen-bond donors (Lipinski definition) is 2. The Labute approximate surface area is 118 Å². The number of carbonyl (C=O) groups excluding carboxylic acids is 1. The molecule has 1 amide bonds. The minimum absolute atomic E-state index is 0.342. The van der Waals surface area contributed by atoms with Crippen LogP contribution in [0.4, 0.5) is 11.5 Å². The molecule has 2 saturated heterocycles. The zero-order chi connectivity index (χ0) is 14.3. The van der Waals surface area contributed by atoms with Crippen molar-refractivity contribution in [1.29, 1.82) is 0 Å². The van der Waals surface area contributed by atoms with Crippen molar-refractivity contribution in [1.82, 2.24) is 9.88 Å². The van der Waals surface area contributed by atoms with Crippen LogP contribution in [-0.4, -0.2) is 48.0 Å². The van der Waals surface area contributed by atoms with E-state index in [1.54, 1.807) is 6.07 Å². The highest BCUT2D eigenvalue weighted by atomic mass is 16.1. The van der Waals surface area contributed by atoms with Gasteiger partial charge in [0.2, 0.25) is 0 Å². The van der Waals surface area contributed by atoms with Crippen LogP contribution in [0.5, 0.6) is 0 Å². The molecule has 0 saturated carbocycles. The van der Waals surface area contributed by atoms with Gasteiger partial charge in [0.05, 0.1) is 17.4 Å². The summed E-state index contributed by atoms with van der Waals surface area (Å²) in [6, 6.07) is 2.96. The summed E-state index contributed by atoms with van der Waals surface area (Å²) in [6.45, 7) is 1.91. The average molecular weight is 275 g/mol. The fourth-order valence-corrected chi connectivity index (χ4v) is 3.36. The smallest absolute Gasteiger partial charge is 0.250 e. The van der Waals surface area contributed by atoms with Crippen molar-refractivity contribution >= 4 is 17.4 Å². The van der Waals surface area contributed by atoms with Crippen molar-refractivity contribution in [3.8, 4) is 0 Å². The number of primary amides is 1. The van der Waals surface area contributed by atoms with Gasteiger partial charge >= 0.3 is 0 Å². The van der Waals surface area contributed by atoms with Crippen LogP contribution in [0, 0.1) is 0 Å². The standard InChI is InChI=1S/C14H21N5O/c1-18-9-2-3-10(18)8-19(5-4-9)13-6-11(14(16)20)12(15)7-17-13/h6-7,9-10H,2-5,8,15H2,1H3,(H2,16,20). The van der Waals surface area contributed by atoms with Crippen LogP contribution in [0.2, 0.25) is 0 Å². The van der Waals surface area contributed by atoms with E-state index in [1.807, 2.05) is 0 Å². The molecule has 2 aliphatic rings. The molecule has 0 aromatic carbocycles. The number of fused-ring (bicyclic) bond motifs is 2. The Kier molecular flexibility index (Phi) is 3.25. The Balaban J connectivity index is 1.86. The summed E-state index contributed by atoms with van der Waals surface area (Å²) < 4.78 is 0. The number of amides is 1. The van der Waals surface area contributed by atoms with Crippen LogP contribution in [0.3, 0.4) is 0 Å². The zero-order valence-corrected chi connectivity index (χ0v) is 11.7. The third-order valence-corrected chi connectivity index (χ3v) is 4.66. The topological polar surface area (TPSA) is 88.5 Å². The van der Waals surface area contributed by atoms with Crippen LogP contribution < -0.4 is 16.4 Å². The van der Waals surface area contributed by atoms with Gasteiger partial charge in [0.15, 0.2) is 0 Å². The average Bonchev–Trinajstić information content (AvgIpc) is 2.64. The number of carbonyl (C=O) groups is 1. The van der Waals surface area contributed by atoms with Crippen molar-refractivity contribution in [3.63, 3.8) is 0 Å². The van der Waals surface area contributed by atoms with Gasteiger partial charge in [0.1, 0.15) is 5.82 Å². The number of aromatic nitrogens is 1. The Morgan fingerprint density at radius 1 is 1.35 bits per heavy atom. The van der Waals surface area contributed by atoms with E-state index in [0.29, 0.717) is 23.3 Å². The van der Waals surface area contributed by atoms with Gasteiger partial charge in [-0.25, -0.2) is 4.98 Å². The summed E-state index contributed by atoms with van der Waals surface area (Å²) in [6.07, 6.45) is 5.18. The second-order valence-corrected chi connectivity index (χ2v) is 5.78. The van der Waals surface area contributed by atoms with Gasteiger partial charge in [0.25, 0.3) is 5.91 Å². The molecule has 1 aromatic heterocycles. The Hall–Kier alpha value is -1.82. The summed E-state index contributed by atoms with van der Waals surface area (Å²) in [5.74, 6) is 0.300. The predicted molar refractivity (Wildman–Crippen MR) is 78.6 cm³/mol. The maximum absolute atomic E-state index is 11.4.